The fourth-order valence-electron chi connectivity index (χ4n) is 3.31. The Kier molecular flexibility index (Phi) is 5.20. The van der Waals surface area contributed by atoms with Crippen LogP contribution in [0.25, 0.3) is 0 Å². The van der Waals surface area contributed by atoms with Gasteiger partial charge in [-0.05, 0) is 0 Å². The summed E-state index contributed by atoms with van der Waals surface area (Å²) in [7, 11) is 1.77. The van der Waals surface area contributed by atoms with Crippen LogP contribution in [-0.2, 0) is 4.74 Å². The molecule has 0 bridgehead atoms. The minimum atomic E-state index is -2.76. The van der Waals surface area contributed by atoms with E-state index < -0.39 is 5.31 Å². The van der Waals surface area contributed by atoms with Crippen molar-refractivity contribution in [2.45, 2.75) is 0 Å². The number of halogens is 1. The van der Waals surface area contributed by atoms with Gasteiger partial charge in [0.15, 0.2) is 0 Å². The summed E-state index contributed by atoms with van der Waals surface area (Å²) in [5.74, 6) is 0. The summed E-state index contributed by atoms with van der Waals surface area (Å²) < 4.78 is 5.53. The molecule has 3 heteroatoms. The fourth-order valence-corrected chi connectivity index (χ4v) is 10.5. The third kappa shape index (κ3) is 2.84. The number of methoxy groups -OCH3 is 1. The van der Waals surface area contributed by atoms with Crippen LogP contribution >= 0.6 is 20.8 Å². The van der Waals surface area contributed by atoms with Gasteiger partial charge < -0.3 is 0 Å². The molecule has 1 nitrogen and oxygen atoms in total. The second kappa shape index (κ2) is 7.19. The van der Waals surface area contributed by atoms with Gasteiger partial charge >= 0.3 is 152 Å². The van der Waals surface area contributed by atoms with Crippen molar-refractivity contribution in [2.75, 3.05) is 19.9 Å². The second-order valence-electron chi connectivity index (χ2n) is 5.91. The van der Waals surface area contributed by atoms with E-state index in [0.29, 0.717) is 6.61 Å². The summed E-state index contributed by atoms with van der Waals surface area (Å²) in [5.41, 5.74) is 0. The van der Waals surface area contributed by atoms with E-state index in [4.69, 9.17) is 4.74 Å². The Morgan fingerprint density at radius 2 is 1.00 bits per heavy atom. The monoisotopic (exact) mass is 400 g/mol. The third-order valence-corrected chi connectivity index (χ3v) is 14.5. The maximum atomic E-state index is 5.53. The number of hydrogen-bond donors (Lipinski definition) is 0. The Balaban J connectivity index is 2.37. The zero-order chi connectivity index (χ0) is 16.9. The van der Waals surface area contributed by atoms with Crippen LogP contribution in [0.2, 0.25) is 0 Å². The van der Waals surface area contributed by atoms with Gasteiger partial charge in [0.1, 0.15) is 0 Å². The van der Waals surface area contributed by atoms with Gasteiger partial charge in [-0.1, -0.05) is 0 Å². The molecule has 3 aromatic rings. The van der Waals surface area contributed by atoms with Crippen LogP contribution in [0.1, 0.15) is 0 Å². The maximum absolute atomic E-state index is 5.53. The first kappa shape index (κ1) is 17.4. The van der Waals surface area contributed by atoms with Crippen molar-refractivity contribution in [3.05, 3.63) is 91.0 Å². The number of rotatable bonds is 6. The molecule has 0 aliphatic carbocycles. The Labute approximate surface area is 152 Å². The van der Waals surface area contributed by atoms with Crippen LogP contribution < -0.4 is 15.9 Å². The van der Waals surface area contributed by atoms with E-state index in [1.807, 2.05) is 0 Å². The fraction of sp³-hybridized carbons (Fsp3) is 0.143. The summed E-state index contributed by atoms with van der Waals surface area (Å²) in [6.45, 7) is 0.696. The first-order chi connectivity index (χ1) is 11.7. The van der Waals surface area contributed by atoms with Crippen LogP contribution in [0, 0.1) is 0 Å². The zero-order valence-corrected chi connectivity index (χ0v) is 16.3. The van der Waals surface area contributed by atoms with Crippen LogP contribution in [0.4, 0.5) is 0 Å². The standard InChI is InChI=1S/C21H22BrOP/c1-23-17-18-24(22,19-11-5-2-6-12-19,20-13-7-3-8-14-20)21-15-9-4-10-16-21/h2-16H,17-18H2,1H3. The molecule has 0 unspecified atom stereocenters. The van der Waals surface area contributed by atoms with Crippen molar-refractivity contribution in [3.8, 4) is 0 Å². The second-order valence-corrected chi connectivity index (χ2v) is 15.0. The van der Waals surface area contributed by atoms with Crippen LogP contribution in [-0.4, -0.2) is 19.9 Å². The van der Waals surface area contributed by atoms with Gasteiger partial charge in [0.25, 0.3) is 0 Å². The zero-order valence-electron chi connectivity index (χ0n) is 13.8. The molecule has 0 saturated carbocycles. The number of hydrogen-bond acceptors (Lipinski definition) is 1. The quantitative estimate of drug-likeness (QED) is 0.554. The Bertz CT molecular complexity index is 675. The van der Waals surface area contributed by atoms with Crippen LogP contribution in [0.3, 0.4) is 0 Å². The first-order valence-electron chi connectivity index (χ1n) is 8.09. The topological polar surface area (TPSA) is 9.23 Å². The van der Waals surface area contributed by atoms with Crippen molar-refractivity contribution in [1.29, 1.82) is 0 Å². The molecule has 0 amide bonds. The molecule has 0 heterocycles. The molecule has 0 atom stereocenters. The van der Waals surface area contributed by atoms with E-state index in [9.17, 15) is 0 Å². The molecule has 0 aromatic heterocycles. The molecule has 0 aliphatic rings. The summed E-state index contributed by atoms with van der Waals surface area (Å²) in [6, 6.07) is 32.4. The molecule has 3 rings (SSSR count). The van der Waals surface area contributed by atoms with Gasteiger partial charge in [0.2, 0.25) is 0 Å². The van der Waals surface area contributed by atoms with Gasteiger partial charge in [-0.25, -0.2) is 0 Å². The van der Waals surface area contributed by atoms with Gasteiger partial charge in [-0.3, -0.25) is 0 Å². The predicted octanol–water partition coefficient (Wildman–Crippen LogP) is 4.47. The summed E-state index contributed by atoms with van der Waals surface area (Å²) in [6.07, 6.45) is 0.917. The molecule has 0 N–H and O–H groups in total. The molecule has 0 fully saturated rings. The van der Waals surface area contributed by atoms with E-state index >= 15 is 0 Å². The van der Waals surface area contributed by atoms with Crippen molar-refractivity contribution < 1.29 is 4.74 Å². The van der Waals surface area contributed by atoms with Gasteiger partial charge in [0, 0.05) is 0 Å². The van der Waals surface area contributed by atoms with E-state index in [-0.39, 0.29) is 0 Å². The number of ether oxygens (including phenoxy) is 1. The molecule has 0 spiro atoms. The van der Waals surface area contributed by atoms with Crippen molar-refractivity contribution in [3.63, 3.8) is 0 Å². The van der Waals surface area contributed by atoms with E-state index in [1.54, 1.807) is 7.11 Å². The van der Waals surface area contributed by atoms with Gasteiger partial charge in [-0.2, -0.15) is 0 Å². The Morgan fingerprint density at radius 3 is 1.29 bits per heavy atom. The van der Waals surface area contributed by atoms with E-state index in [1.165, 1.54) is 15.9 Å². The average molecular weight is 401 g/mol. The Hall–Kier alpha value is -1.47. The normalized spacial score (nSPS) is 13.2. The average Bonchev–Trinajstić information content (AvgIpc) is 2.68. The van der Waals surface area contributed by atoms with E-state index in [0.717, 1.165) is 6.16 Å². The third-order valence-electron chi connectivity index (χ3n) is 4.60. The van der Waals surface area contributed by atoms with Gasteiger partial charge in [0.05, 0.1) is 0 Å². The van der Waals surface area contributed by atoms with Crippen molar-refractivity contribution in [1.82, 2.24) is 0 Å². The Morgan fingerprint density at radius 1 is 0.667 bits per heavy atom. The van der Waals surface area contributed by atoms with Gasteiger partial charge in [-0.15, -0.1) is 0 Å². The predicted molar refractivity (Wildman–Crippen MR) is 111 cm³/mol. The first-order valence-corrected chi connectivity index (χ1v) is 12.5. The molecule has 24 heavy (non-hydrogen) atoms. The molecule has 0 radical (unpaired) electrons. The molecule has 3 aromatic carbocycles. The van der Waals surface area contributed by atoms with Crippen molar-refractivity contribution in [2.24, 2.45) is 0 Å². The molecular formula is C21H22BrOP. The van der Waals surface area contributed by atoms with Crippen LogP contribution in [0.5, 0.6) is 0 Å². The minimum absolute atomic E-state index is 0.696. The molecular weight excluding hydrogens is 379 g/mol. The molecule has 0 aliphatic heterocycles. The van der Waals surface area contributed by atoms with Crippen LogP contribution in [0.15, 0.2) is 91.0 Å². The molecule has 0 saturated heterocycles. The molecule has 124 valence electrons. The summed E-state index contributed by atoms with van der Waals surface area (Å²) in [5, 5.41) is 1.23. The summed E-state index contributed by atoms with van der Waals surface area (Å²) in [4.78, 5) is 0. The summed E-state index contributed by atoms with van der Waals surface area (Å²) >= 11 is 4.37. The number of benzene rings is 3. The van der Waals surface area contributed by atoms with Crippen molar-refractivity contribution >= 4 is 36.7 Å². The SMILES string of the molecule is COCCP(Br)(c1ccccc1)(c1ccccc1)c1ccccc1. The van der Waals surface area contributed by atoms with E-state index in [2.05, 4.69) is 106 Å².